The van der Waals surface area contributed by atoms with E-state index >= 15 is 4.79 Å². The number of nitrogens with one attached hydrogen (secondary N) is 9. The molecule has 35 heteroatoms. The van der Waals surface area contributed by atoms with Crippen molar-refractivity contribution in [3.05, 3.63) is 34.9 Å². The van der Waals surface area contributed by atoms with Crippen molar-refractivity contribution >= 4 is 124 Å². The predicted octanol–water partition coefficient (Wildman–Crippen LogP) is -3.36. The van der Waals surface area contributed by atoms with Gasteiger partial charge in [-0.3, -0.25) is 72.1 Å². The molecule has 0 spiro atoms. The van der Waals surface area contributed by atoms with Crippen molar-refractivity contribution in [3.8, 4) is 0 Å². The summed E-state index contributed by atoms with van der Waals surface area (Å²) in [6, 6.07) is -9.31. The summed E-state index contributed by atoms with van der Waals surface area (Å²) in [7, 11) is 0. The Hall–Kier alpha value is -7.92. The number of primary amides is 2. The van der Waals surface area contributed by atoms with Gasteiger partial charge in [0.25, 0.3) is 0 Å². The highest BCUT2D eigenvalue weighted by Crippen LogP contribution is 2.29. The van der Waals surface area contributed by atoms with E-state index in [-0.39, 0.29) is 118 Å². The number of benzene rings is 1. The second-order valence-electron chi connectivity index (χ2n) is 26.3. The molecule has 3 fully saturated rings. The summed E-state index contributed by atoms with van der Waals surface area (Å²) in [5.41, 5.74) is 30.3. The van der Waals surface area contributed by atoms with Gasteiger partial charge in [-0.15, -0.1) is 0 Å². The first kappa shape index (κ1) is 80.1. The Balaban J connectivity index is 1.47. The molecule has 14 amide bonds. The van der Waals surface area contributed by atoms with Crippen LogP contribution in [0.25, 0.3) is 0 Å². The molecular weight excluding hydrogens is 1340 g/mol. The number of thioether (sulfide) groups is 3. The van der Waals surface area contributed by atoms with Crippen LogP contribution in [-0.2, 0) is 84.4 Å². The van der Waals surface area contributed by atoms with Crippen LogP contribution in [-0.4, -0.2) is 226 Å². The number of nitrogens with two attached hydrogens (primary N) is 5. The molecule has 5 aliphatic rings. The molecule has 5 aliphatic heterocycles. The molecule has 19 N–H and O–H groups in total. The fourth-order valence-electron chi connectivity index (χ4n) is 12.3. The summed E-state index contributed by atoms with van der Waals surface area (Å²) < 4.78 is 0. The molecule has 13 atom stereocenters. The number of fused-ring (bicyclic) bond motifs is 8. The zero-order valence-electron chi connectivity index (χ0n) is 57.2. The van der Waals surface area contributed by atoms with Crippen LogP contribution in [0.15, 0.2) is 23.2 Å². The lowest BCUT2D eigenvalue weighted by Crippen LogP contribution is -2.61. The van der Waals surface area contributed by atoms with Crippen molar-refractivity contribution < 1.29 is 67.1 Å². The van der Waals surface area contributed by atoms with Gasteiger partial charge in [-0.1, -0.05) is 52.3 Å². The van der Waals surface area contributed by atoms with Crippen LogP contribution in [0.4, 0.5) is 0 Å². The lowest BCUT2D eigenvalue weighted by molar-refractivity contribution is -0.148. The van der Waals surface area contributed by atoms with Gasteiger partial charge in [0.1, 0.15) is 66.5 Å². The minimum absolute atomic E-state index is 0.0103. The van der Waals surface area contributed by atoms with Gasteiger partial charge >= 0.3 is 0 Å². The van der Waals surface area contributed by atoms with Crippen molar-refractivity contribution in [3.63, 3.8) is 0 Å². The summed E-state index contributed by atoms with van der Waals surface area (Å²) in [4.78, 5) is 206. The summed E-state index contributed by atoms with van der Waals surface area (Å²) >= 11 is 3.69. The zero-order valence-corrected chi connectivity index (χ0v) is 59.6. The number of nitrogens with zero attached hydrogens (tertiary/aromatic N) is 4. The Kier molecular flexibility index (Phi) is 31.2. The van der Waals surface area contributed by atoms with Crippen LogP contribution in [0.5, 0.6) is 0 Å². The van der Waals surface area contributed by atoms with Crippen LogP contribution < -0.4 is 76.5 Å². The molecule has 0 aliphatic carbocycles. The molecule has 5 heterocycles. The smallest absolute Gasteiger partial charge is 0.246 e. The Morgan fingerprint density at radius 3 is 1.69 bits per heavy atom. The van der Waals surface area contributed by atoms with Crippen LogP contribution in [0.1, 0.15) is 135 Å². The molecule has 1 aromatic carbocycles. The van der Waals surface area contributed by atoms with Gasteiger partial charge in [-0.05, 0) is 107 Å². The number of carbonyl (C=O) groups is 14. The van der Waals surface area contributed by atoms with Crippen molar-refractivity contribution in [2.75, 3.05) is 50.0 Å². The number of hydrogen-bond acceptors (Lipinski definition) is 19. The van der Waals surface area contributed by atoms with E-state index < -0.39 is 174 Å². The standard InChI is InChI=1S/C64H100N18O14S3/c1-7-34(4)51-60(93)75-42(22-33(2)3)62(95)82-21-11-15-48(82)63(96)81-20-10-14-47(81)59(92)78-45-32-99-29-39-24-37(23-38(25-39)28-98-31-44(76-52(85)35(5)65)56(89)72-36(6)53(86)79-51)27-97-30-43(54(87)71-26-50(67)84)77-55(88)40(12-8-18-70-64(68)69)73-58(91)46-13-9-19-80(46)61(94)41(74-57(45)90)16-17-49(66)83/h23-25,33-36,40-48,51H,7-22,26-32,65H2,1-6H3,(H2,66,83)(H2,67,84)(H,71,87)(H,72,89)(H,73,91)(H,74,90)(H,75,93)(H,76,85)(H,77,88)(H,78,92)(H,79,86)(H4,68,69,70)/t34-,35-,36-,40-,41-,42-,43+,44-,45-,46-,47-,48-,51-/m0/s1. The number of carbonyl (C=O) groups excluding carboxylic acids is 14. The number of amides is 14. The van der Waals surface area contributed by atoms with Gasteiger partial charge < -0.3 is 91.2 Å². The highest BCUT2D eigenvalue weighted by Gasteiger charge is 2.46. The minimum Gasteiger partial charge on any atom is -0.370 e. The lowest BCUT2D eigenvalue weighted by Gasteiger charge is -2.34. The molecule has 1 aromatic rings. The second-order valence-corrected chi connectivity index (χ2v) is 29.4. The van der Waals surface area contributed by atoms with Crippen LogP contribution >= 0.6 is 35.3 Å². The van der Waals surface area contributed by atoms with Crippen molar-refractivity contribution in [2.45, 2.75) is 208 Å². The van der Waals surface area contributed by atoms with E-state index in [1.54, 1.807) is 6.92 Å². The summed E-state index contributed by atoms with van der Waals surface area (Å²) in [6.45, 7) is 9.90. The van der Waals surface area contributed by atoms with Gasteiger partial charge in [0.2, 0.25) is 82.7 Å². The third-order valence-electron chi connectivity index (χ3n) is 17.8. The van der Waals surface area contributed by atoms with E-state index in [0.29, 0.717) is 42.4 Å². The quantitative estimate of drug-likeness (QED) is 0.0437. The average Bonchev–Trinajstić information content (AvgIpc) is 1.70. The molecule has 99 heavy (non-hydrogen) atoms. The molecule has 548 valence electrons. The maximum Gasteiger partial charge on any atom is 0.246 e. The summed E-state index contributed by atoms with van der Waals surface area (Å²) in [6.07, 6.45) is 1.53. The first-order valence-electron chi connectivity index (χ1n) is 33.8. The van der Waals surface area contributed by atoms with Gasteiger partial charge in [-0.25, -0.2) is 0 Å². The fourth-order valence-corrected chi connectivity index (χ4v) is 15.3. The van der Waals surface area contributed by atoms with Gasteiger partial charge in [-0.2, -0.15) is 35.3 Å². The van der Waals surface area contributed by atoms with Crippen LogP contribution in [0.2, 0.25) is 0 Å². The minimum atomic E-state index is -1.50. The first-order valence-corrected chi connectivity index (χ1v) is 37.3. The number of rotatable bonds is 16. The normalized spacial score (nSPS) is 27.1. The Morgan fingerprint density at radius 2 is 1.12 bits per heavy atom. The molecule has 6 rings (SSSR count). The largest absolute Gasteiger partial charge is 0.370 e. The van der Waals surface area contributed by atoms with E-state index in [4.69, 9.17) is 28.7 Å². The zero-order chi connectivity index (χ0) is 72.8. The number of aliphatic imine (C=N–C) groups is 1. The third-order valence-corrected chi connectivity index (χ3v) is 21.1. The van der Waals surface area contributed by atoms with E-state index in [2.05, 4.69) is 52.8 Å². The van der Waals surface area contributed by atoms with Crippen molar-refractivity contribution in [1.29, 1.82) is 0 Å². The number of guanidine groups is 1. The Bertz CT molecular complexity index is 3160. The van der Waals surface area contributed by atoms with Gasteiger partial charge in [0, 0.05) is 67.1 Å². The van der Waals surface area contributed by atoms with Crippen molar-refractivity contribution in [1.82, 2.24) is 62.6 Å². The molecule has 32 nitrogen and oxygen atoms in total. The molecular formula is C64H100N18O14S3. The van der Waals surface area contributed by atoms with Crippen LogP contribution in [0.3, 0.4) is 0 Å². The second kappa shape index (κ2) is 38.6. The van der Waals surface area contributed by atoms with Gasteiger partial charge in [0.05, 0.1) is 12.6 Å². The topological polar surface area (TPSA) is 499 Å². The first-order chi connectivity index (χ1) is 47.0. The maximum atomic E-state index is 15.1. The SMILES string of the molecule is CC[C@H](C)[C@@H]1NC(=O)[C@H](C)NC(=O)[C@@H](NC(=O)[C@H](C)N)CSCc2cc3cc(c2)CSC[C@H](C(=O)NCC(N)=O)NC(=O)[C@H](CCCN=C(N)N)NC(=O)[C@@H]2CCCN2C(=O)[C@H](CCC(N)=O)NC(=O)[C@H](CSC3)NC(=O)[C@@H]2CCCN2C(=O)[C@@H]2CCCN2C(=O)[C@H](CC(C)C)NC1=O. The van der Waals surface area contributed by atoms with Gasteiger partial charge in [0.15, 0.2) is 5.96 Å². The van der Waals surface area contributed by atoms with E-state index in [9.17, 15) is 62.3 Å². The molecule has 0 unspecified atom stereocenters. The number of hydrogen-bond donors (Lipinski definition) is 14. The fraction of sp³-hybridized carbons (Fsp3) is 0.672. The highest BCUT2D eigenvalue weighted by molar-refractivity contribution is 7.99. The molecule has 3 saturated heterocycles. The van der Waals surface area contributed by atoms with Crippen LogP contribution in [0, 0.1) is 11.8 Å². The molecule has 0 aromatic heterocycles. The Morgan fingerprint density at radius 1 is 0.586 bits per heavy atom. The van der Waals surface area contributed by atoms with E-state index in [0.717, 1.165) is 0 Å². The van der Waals surface area contributed by atoms with E-state index in [1.807, 2.05) is 39.0 Å². The van der Waals surface area contributed by atoms with Crippen molar-refractivity contribution in [2.24, 2.45) is 45.5 Å². The monoisotopic (exact) mass is 1440 g/mol. The highest BCUT2D eigenvalue weighted by atomic mass is 32.2. The third kappa shape index (κ3) is 23.9. The average molecular weight is 1440 g/mol. The molecule has 4 bridgehead atoms. The summed E-state index contributed by atoms with van der Waals surface area (Å²) in [5.74, 6) is -10.8. The summed E-state index contributed by atoms with van der Waals surface area (Å²) in [5, 5.41) is 24.6. The lowest BCUT2D eigenvalue weighted by atomic mass is 9.96. The maximum absolute atomic E-state index is 15.1. The van der Waals surface area contributed by atoms with E-state index in [1.165, 1.54) is 63.8 Å². The molecule has 0 radical (unpaired) electrons. The Labute approximate surface area is 589 Å². The molecule has 0 saturated carbocycles. The predicted molar refractivity (Wildman–Crippen MR) is 373 cm³/mol.